The number of nitrogens with two attached hydrogens (primary N) is 1. The van der Waals surface area contributed by atoms with Crippen LogP contribution in [0.25, 0.3) is 0 Å². The van der Waals surface area contributed by atoms with Gasteiger partial charge in [0.15, 0.2) is 9.84 Å². The monoisotopic (exact) mass is 273 g/mol. The Kier molecular flexibility index (Phi) is 5.28. The number of sulfone groups is 1. The fourth-order valence-electron chi connectivity index (χ4n) is 1.62. The van der Waals surface area contributed by atoms with Gasteiger partial charge in [-0.15, -0.1) is 0 Å². The van der Waals surface area contributed by atoms with Crippen LogP contribution in [-0.2, 0) is 16.3 Å². The lowest BCUT2D eigenvalue weighted by Gasteiger charge is -2.13. The minimum atomic E-state index is -3.05. The molecule has 0 radical (unpaired) electrons. The van der Waals surface area contributed by atoms with E-state index < -0.39 is 9.84 Å². The van der Waals surface area contributed by atoms with Crippen molar-refractivity contribution in [1.82, 2.24) is 0 Å². The van der Waals surface area contributed by atoms with Crippen molar-refractivity contribution >= 4 is 9.84 Å². The fourth-order valence-corrected chi connectivity index (χ4v) is 2.72. The smallest absolute Gasteiger partial charge is 0.152 e. The number of hydrogen-bond acceptors (Lipinski definition) is 3. The zero-order valence-corrected chi connectivity index (χ0v) is 11.6. The van der Waals surface area contributed by atoms with E-state index in [1.165, 1.54) is 12.1 Å². The molecule has 0 bridgehead atoms. The largest absolute Gasteiger partial charge is 0.327 e. The zero-order chi connectivity index (χ0) is 13.8. The molecule has 0 aliphatic heterocycles. The van der Waals surface area contributed by atoms with Crippen molar-refractivity contribution in [3.8, 4) is 0 Å². The first-order valence-electron chi connectivity index (χ1n) is 6.03. The van der Waals surface area contributed by atoms with Crippen molar-refractivity contribution < 1.29 is 12.8 Å². The van der Waals surface area contributed by atoms with E-state index in [-0.39, 0.29) is 22.9 Å². The molecule has 0 heterocycles. The molecule has 1 atom stereocenters. The van der Waals surface area contributed by atoms with Crippen LogP contribution in [0.1, 0.15) is 25.8 Å². The predicted molar refractivity (Wildman–Crippen MR) is 71.6 cm³/mol. The van der Waals surface area contributed by atoms with E-state index >= 15 is 0 Å². The molecular weight excluding hydrogens is 253 g/mol. The van der Waals surface area contributed by atoms with Crippen LogP contribution in [0.5, 0.6) is 0 Å². The van der Waals surface area contributed by atoms with Gasteiger partial charge in [0.2, 0.25) is 0 Å². The summed E-state index contributed by atoms with van der Waals surface area (Å²) in [7, 11) is -3.05. The minimum absolute atomic E-state index is 0.0845. The Morgan fingerprint density at radius 1 is 1.33 bits per heavy atom. The number of benzene rings is 1. The summed E-state index contributed by atoms with van der Waals surface area (Å²) in [5, 5.41) is -0.376. The molecule has 5 heteroatoms. The van der Waals surface area contributed by atoms with E-state index in [0.717, 1.165) is 5.56 Å². The molecule has 3 nitrogen and oxygen atoms in total. The fraction of sp³-hybridized carbons (Fsp3) is 0.538. The Morgan fingerprint density at radius 3 is 2.56 bits per heavy atom. The third-order valence-electron chi connectivity index (χ3n) is 2.88. The van der Waals surface area contributed by atoms with Crippen LogP contribution in [0.15, 0.2) is 24.3 Å². The second-order valence-electron chi connectivity index (χ2n) is 4.80. The summed E-state index contributed by atoms with van der Waals surface area (Å²) >= 11 is 0. The molecule has 2 N–H and O–H groups in total. The Balaban J connectivity index is 2.50. The topological polar surface area (TPSA) is 60.2 Å². The molecule has 0 amide bonds. The lowest BCUT2D eigenvalue weighted by atomic mass is 10.0. The van der Waals surface area contributed by atoms with Crippen molar-refractivity contribution in [2.75, 3.05) is 5.75 Å². The Bertz CT molecular complexity index is 486. The molecular formula is C13H20FNO2S. The quantitative estimate of drug-likeness (QED) is 0.861. The van der Waals surface area contributed by atoms with Crippen LogP contribution >= 0.6 is 0 Å². The van der Waals surface area contributed by atoms with Crippen LogP contribution < -0.4 is 5.73 Å². The molecule has 0 fully saturated rings. The van der Waals surface area contributed by atoms with Gasteiger partial charge < -0.3 is 5.73 Å². The highest BCUT2D eigenvalue weighted by molar-refractivity contribution is 7.91. The molecule has 0 aliphatic carbocycles. The van der Waals surface area contributed by atoms with Gasteiger partial charge in [0.05, 0.1) is 11.0 Å². The summed E-state index contributed by atoms with van der Waals surface area (Å²) in [6, 6.07) is 5.96. The molecule has 0 saturated heterocycles. The highest BCUT2D eigenvalue weighted by Crippen LogP contribution is 2.09. The summed E-state index contributed by atoms with van der Waals surface area (Å²) in [5.74, 6) is -0.212. The van der Waals surface area contributed by atoms with E-state index in [4.69, 9.17) is 5.73 Å². The van der Waals surface area contributed by atoms with Crippen molar-refractivity contribution in [3.63, 3.8) is 0 Å². The Labute approximate surface area is 108 Å². The zero-order valence-electron chi connectivity index (χ0n) is 10.8. The average Bonchev–Trinajstić information content (AvgIpc) is 2.26. The standard InChI is InChI=1S/C13H20FNO2S/c1-10(2)18(16,17)7-6-13(15)9-11-4-3-5-12(14)8-11/h3-5,8,10,13H,6-7,9,15H2,1-2H3. The van der Waals surface area contributed by atoms with E-state index in [9.17, 15) is 12.8 Å². The van der Waals surface area contributed by atoms with Gasteiger partial charge in [0.1, 0.15) is 5.82 Å². The lowest BCUT2D eigenvalue weighted by Crippen LogP contribution is -2.28. The third-order valence-corrected chi connectivity index (χ3v) is 5.12. The number of halogens is 1. The maximum absolute atomic E-state index is 13.0. The van der Waals surface area contributed by atoms with Gasteiger partial charge in [-0.3, -0.25) is 0 Å². The SMILES string of the molecule is CC(C)S(=O)(=O)CCC(N)Cc1cccc(F)c1. The van der Waals surface area contributed by atoms with E-state index in [1.807, 2.05) is 0 Å². The van der Waals surface area contributed by atoms with Crippen LogP contribution in [0.3, 0.4) is 0 Å². The van der Waals surface area contributed by atoms with Crippen LogP contribution in [0.2, 0.25) is 0 Å². The summed E-state index contributed by atoms with van der Waals surface area (Å²) in [6.07, 6.45) is 0.891. The highest BCUT2D eigenvalue weighted by Gasteiger charge is 2.17. The van der Waals surface area contributed by atoms with E-state index in [2.05, 4.69) is 0 Å². The van der Waals surface area contributed by atoms with Crippen LogP contribution in [0.4, 0.5) is 4.39 Å². The second-order valence-corrected chi connectivity index (χ2v) is 7.48. The summed E-state index contributed by atoms with van der Waals surface area (Å²) < 4.78 is 36.2. The molecule has 0 spiro atoms. The van der Waals surface area contributed by atoms with E-state index in [1.54, 1.807) is 26.0 Å². The molecule has 1 aromatic rings. The van der Waals surface area contributed by atoms with Gasteiger partial charge in [0.25, 0.3) is 0 Å². The van der Waals surface area contributed by atoms with Gasteiger partial charge in [-0.25, -0.2) is 12.8 Å². The molecule has 1 unspecified atom stereocenters. The summed E-state index contributed by atoms with van der Waals surface area (Å²) in [5.41, 5.74) is 6.67. The molecule has 0 saturated carbocycles. The van der Waals surface area contributed by atoms with Crippen LogP contribution in [0, 0.1) is 5.82 Å². The van der Waals surface area contributed by atoms with Crippen LogP contribution in [-0.4, -0.2) is 25.5 Å². The lowest BCUT2D eigenvalue weighted by molar-refractivity contribution is 0.571. The molecule has 0 aliphatic rings. The average molecular weight is 273 g/mol. The normalized spacial score (nSPS) is 13.8. The third kappa shape index (κ3) is 4.74. The molecule has 102 valence electrons. The van der Waals surface area contributed by atoms with Gasteiger partial charge in [-0.05, 0) is 44.4 Å². The first-order valence-corrected chi connectivity index (χ1v) is 7.74. The predicted octanol–water partition coefficient (Wildman–Crippen LogP) is 1.91. The van der Waals surface area contributed by atoms with E-state index in [0.29, 0.717) is 12.8 Å². The molecule has 1 rings (SSSR count). The first kappa shape index (κ1) is 15.1. The van der Waals surface area contributed by atoms with Gasteiger partial charge in [-0.2, -0.15) is 0 Å². The van der Waals surface area contributed by atoms with Gasteiger partial charge in [-0.1, -0.05) is 12.1 Å². The molecule has 18 heavy (non-hydrogen) atoms. The number of rotatable bonds is 6. The Hall–Kier alpha value is -0.940. The van der Waals surface area contributed by atoms with Crippen molar-refractivity contribution in [3.05, 3.63) is 35.6 Å². The summed E-state index contributed by atoms with van der Waals surface area (Å²) in [6.45, 7) is 3.32. The number of hydrogen-bond donors (Lipinski definition) is 1. The van der Waals surface area contributed by atoms with Crippen molar-refractivity contribution in [2.24, 2.45) is 5.73 Å². The van der Waals surface area contributed by atoms with Gasteiger partial charge >= 0.3 is 0 Å². The first-order chi connectivity index (χ1) is 8.31. The summed E-state index contributed by atoms with van der Waals surface area (Å²) in [4.78, 5) is 0. The Morgan fingerprint density at radius 2 is 2.00 bits per heavy atom. The molecule has 0 aromatic heterocycles. The maximum atomic E-state index is 13.0. The maximum Gasteiger partial charge on any atom is 0.152 e. The minimum Gasteiger partial charge on any atom is -0.327 e. The molecule has 1 aromatic carbocycles. The highest BCUT2D eigenvalue weighted by atomic mass is 32.2. The van der Waals surface area contributed by atoms with Crippen molar-refractivity contribution in [1.29, 1.82) is 0 Å². The second kappa shape index (κ2) is 6.29. The van der Waals surface area contributed by atoms with Crippen molar-refractivity contribution in [2.45, 2.75) is 38.0 Å². The van der Waals surface area contributed by atoms with Gasteiger partial charge in [0, 0.05) is 6.04 Å².